The van der Waals surface area contributed by atoms with E-state index in [0.717, 1.165) is 27.8 Å². The highest BCUT2D eigenvalue weighted by Gasteiger charge is 2.36. The number of hydrogen-bond donors (Lipinski definition) is 0. The maximum Gasteiger partial charge on any atom is 0.164 e. The zero-order valence-electron chi connectivity index (χ0n) is 39.0. The summed E-state index contributed by atoms with van der Waals surface area (Å²) in [5.74, 6) is 2.03. The summed E-state index contributed by atoms with van der Waals surface area (Å²) in [6, 6.07) is 47.2. The molecule has 0 bridgehead atoms. The van der Waals surface area contributed by atoms with Crippen LogP contribution in [-0.2, 0) is 27.1 Å². The van der Waals surface area contributed by atoms with Gasteiger partial charge in [-0.25, -0.2) is 15.0 Å². The first-order valence-corrected chi connectivity index (χ1v) is 22.0. The van der Waals surface area contributed by atoms with E-state index in [1.165, 1.54) is 55.6 Å². The van der Waals surface area contributed by atoms with Crippen LogP contribution in [0.5, 0.6) is 0 Å². The molecule has 0 N–H and O–H groups in total. The van der Waals surface area contributed by atoms with Crippen LogP contribution in [0, 0.1) is 0 Å². The first kappa shape index (κ1) is 42.0. The zero-order valence-corrected chi connectivity index (χ0v) is 39.0. The van der Waals surface area contributed by atoms with E-state index < -0.39 is 0 Å². The van der Waals surface area contributed by atoms with Gasteiger partial charge in [0.25, 0.3) is 0 Å². The Morgan fingerprint density at radius 2 is 0.689 bits per heavy atom. The number of nitrogens with zero attached hydrogens (tertiary/aromatic N) is 3. The van der Waals surface area contributed by atoms with Gasteiger partial charge in [-0.2, -0.15) is 0 Å². The van der Waals surface area contributed by atoms with E-state index >= 15 is 0 Å². The topological polar surface area (TPSA) is 38.7 Å². The summed E-state index contributed by atoms with van der Waals surface area (Å²) in [4.78, 5) is 16.0. The number of aromatic nitrogens is 3. The molecule has 3 nitrogen and oxygen atoms in total. The third kappa shape index (κ3) is 8.12. The summed E-state index contributed by atoms with van der Waals surface area (Å²) >= 11 is 0. The van der Waals surface area contributed by atoms with E-state index in [2.05, 4.69) is 224 Å². The molecule has 0 radical (unpaired) electrons. The summed E-state index contributed by atoms with van der Waals surface area (Å²) in [5.41, 5.74) is 17.9. The molecule has 3 heteroatoms. The predicted octanol–water partition coefficient (Wildman–Crippen LogP) is 15.7. The van der Waals surface area contributed by atoms with Crippen molar-refractivity contribution in [3.63, 3.8) is 0 Å². The minimum absolute atomic E-state index is 0.0547. The first-order valence-electron chi connectivity index (χ1n) is 22.0. The van der Waals surface area contributed by atoms with Gasteiger partial charge in [0.1, 0.15) is 0 Å². The van der Waals surface area contributed by atoms with Crippen LogP contribution in [0.4, 0.5) is 0 Å². The van der Waals surface area contributed by atoms with Crippen molar-refractivity contribution in [2.75, 3.05) is 0 Å². The van der Waals surface area contributed by atoms with E-state index in [9.17, 15) is 0 Å². The third-order valence-corrected chi connectivity index (χ3v) is 12.7. The van der Waals surface area contributed by atoms with Crippen LogP contribution in [0.25, 0.3) is 67.5 Å². The fourth-order valence-electron chi connectivity index (χ4n) is 8.71. The van der Waals surface area contributed by atoms with Gasteiger partial charge in [0, 0.05) is 22.1 Å². The van der Waals surface area contributed by atoms with E-state index in [-0.39, 0.29) is 27.1 Å². The molecular formula is C58H63N3. The predicted molar refractivity (Wildman–Crippen MR) is 259 cm³/mol. The minimum Gasteiger partial charge on any atom is -0.208 e. The molecular weight excluding hydrogens is 739 g/mol. The van der Waals surface area contributed by atoms with Crippen molar-refractivity contribution in [1.29, 1.82) is 0 Å². The smallest absolute Gasteiger partial charge is 0.164 e. The number of fused-ring (bicyclic) bond motifs is 3. The fraction of sp³-hybridized carbons (Fsp3) is 0.328. The lowest BCUT2D eigenvalue weighted by Crippen LogP contribution is -2.17. The molecule has 1 aliphatic rings. The average molecular weight is 802 g/mol. The lowest BCUT2D eigenvalue weighted by molar-refractivity contribution is 0.568. The van der Waals surface area contributed by atoms with Crippen molar-refractivity contribution < 1.29 is 0 Å². The van der Waals surface area contributed by atoms with Crippen molar-refractivity contribution in [1.82, 2.24) is 15.0 Å². The summed E-state index contributed by atoms with van der Waals surface area (Å²) < 4.78 is 0. The Hall–Kier alpha value is -5.67. The molecule has 0 unspecified atom stereocenters. The Kier molecular flexibility index (Phi) is 10.2. The highest BCUT2D eigenvalue weighted by atomic mass is 15.0. The Labute approximate surface area is 365 Å². The molecule has 0 aliphatic heterocycles. The maximum atomic E-state index is 5.35. The van der Waals surface area contributed by atoms with Crippen LogP contribution in [-0.4, -0.2) is 15.0 Å². The van der Waals surface area contributed by atoms with Crippen LogP contribution < -0.4 is 0 Å². The first-order chi connectivity index (χ1) is 28.5. The third-order valence-electron chi connectivity index (χ3n) is 12.7. The van der Waals surface area contributed by atoms with Crippen LogP contribution in [0.15, 0.2) is 127 Å². The molecule has 61 heavy (non-hydrogen) atoms. The second-order valence-corrected chi connectivity index (χ2v) is 22.0. The lowest BCUT2D eigenvalue weighted by atomic mass is 9.79. The SMILES string of the molecule is CC(C)(C)c1cc(-c2nc(-c3cccc(-c4cccc(-c5cccc6c5-c5ccccc5C6(C)C)c4)c3)nc(-c3cc(C(C)(C)C)cc(C(C)(C)C)c3)n2)cc(C(C)(C)C)c1. The minimum atomic E-state index is -0.0559. The molecule has 8 rings (SSSR count). The van der Waals surface area contributed by atoms with E-state index in [0.29, 0.717) is 17.5 Å². The molecule has 7 aromatic rings. The standard InChI is InChI=1S/C58H63N3/c1-54(2,3)42-30-40(31-43(34-42)55(4,5)6)52-59-51(60-53(61-52)41-32-44(56(7,8)9)35-45(33-41)57(10,11)12)39-23-18-21-37(29-39)36-20-17-22-38(28-36)46-25-19-27-49-50(46)47-24-15-16-26-48(47)58(49,13)14/h15-35H,1-14H3. The van der Waals surface area contributed by atoms with Gasteiger partial charge in [-0.05, 0) is 125 Å². The van der Waals surface area contributed by atoms with Gasteiger partial charge in [0.15, 0.2) is 17.5 Å². The monoisotopic (exact) mass is 802 g/mol. The second kappa shape index (κ2) is 14.8. The molecule has 0 atom stereocenters. The summed E-state index contributed by atoms with van der Waals surface area (Å²) in [6.45, 7) is 32.0. The number of benzene rings is 6. The van der Waals surface area contributed by atoms with Gasteiger partial charge < -0.3 is 0 Å². The Balaban J connectivity index is 1.30. The van der Waals surface area contributed by atoms with Gasteiger partial charge in [-0.3, -0.25) is 0 Å². The Morgan fingerprint density at radius 1 is 0.328 bits per heavy atom. The van der Waals surface area contributed by atoms with Crippen molar-refractivity contribution in [3.05, 3.63) is 161 Å². The average Bonchev–Trinajstić information content (AvgIpc) is 3.45. The molecule has 0 saturated heterocycles. The normalized spacial score (nSPS) is 13.9. The molecule has 0 spiro atoms. The van der Waals surface area contributed by atoms with Crippen molar-refractivity contribution in [2.24, 2.45) is 0 Å². The molecule has 0 amide bonds. The van der Waals surface area contributed by atoms with E-state index in [4.69, 9.17) is 15.0 Å². The van der Waals surface area contributed by atoms with Crippen LogP contribution >= 0.6 is 0 Å². The van der Waals surface area contributed by atoms with E-state index in [1.807, 2.05) is 0 Å². The fourth-order valence-corrected chi connectivity index (χ4v) is 8.71. The van der Waals surface area contributed by atoms with Crippen molar-refractivity contribution in [2.45, 2.75) is 124 Å². The van der Waals surface area contributed by atoms with E-state index in [1.54, 1.807) is 0 Å². The molecule has 0 saturated carbocycles. The van der Waals surface area contributed by atoms with Gasteiger partial charge in [0.2, 0.25) is 0 Å². The summed E-state index contributed by atoms with van der Waals surface area (Å²) in [7, 11) is 0. The van der Waals surface area contributed by atoms with Gasteiger partial charge in [0.05, 0.1) is 0 Å². The highest BCUT2D eigenvalue weighted by Crippen LogP contribution is 2.52. The highest BCUT2D eigenvalue weighted by molar-refractivity contribution is 5.93. The van der Waals surface area contributed by atoms with Crippen molar-refractivity contribution >= 4 is 0 Å². The van der Waals surface area contributed by atoms with Crippen LogP contribution in [0.2, 0.25) is 0 Å². The molecule has 1 heterocycles. The molecule has 1 aromatic heterocycles. The molecule has 6 aromatic carbocycles. The largest absolute Gasteiger partial charge is 0.208 e. The lowest BCUT2D eigenvalue weighted by Gasteiger charge is -2.26. The Bertz CT molecular complexity index is 2650. The van der Waals surface area contributed by atoms with Crippen LogP contribution in [0.1, 0.15) is 130 Å². The summed E-state index contributed by atoms with van der Waals surface area (Å²) in [5, 5.41) is 0. The maximum absolute atomic E-state index is 5.35. The van der Waals surface area contributed by atoms with Gasteiger partial charge in [-0.15, -0.1) is 0 Å². The van der Waals surface area contributed by atoms with Gasteiger partial charge >= 0.3 is 0 Å². The molecule has 1 aliphatic carbocycles. The number of hydrogen-bond acceptors (Lipinski definition) is 3. The summed E-state index contributed by atoms with van der Waals surface area (Å²) in [6.07, 6.45) is 0. The quantitative estimate of drug-likeness (QED) is 0.174. The second-order valence-electron chi connectivity index (χ2n) is 22.0. The van der Waals surface area contributed by atoms with Gasteiger partial charge in [-0.1, -0.05) is 188 Å². The molecule has 310 valence electrons. The van der Waals surface area contributed by atoms with Crippen molar-refractivity contribution in [3.8, 4) is 67.5 Å². The van der Waals surface area contributed by atoms with Crippen LogP contribution in [0.3, 0.4) is 0 Å². The molecule has 0 fully saturated rings. The zero-order chi connectivity index (χ0) is 43.9. The number of rotatable bonds is 5. The Morgan fingerprint density at radius 3 is 1.16 bits per heavy atom.